The number of nitrogens with one attached hydrogen (secondary N) is 1. The molecule has 2 heteroatoms. The lowest BCUT2D eigenvalue weighted by atomic mass is 9.95. The fourth-order valence-electron chi connectivity index (χ4n) is 1.41. The summed E-state index contributed by atoms with van der Waals surface area (Å²) in [5, 5.41) is 2.83. The average Bonchev–Trinajstić information content (AvgIpc) is 2.15. The Morgan fingerprint density at radius 1 is 1.62 bits per heavy atom. The maximum absolute atomic E-state index is 10.7. The minimum absolute atomic E-state index is 0.0484. The highest BCUT2D eigenvalue weighted by Crippen LogP contribution is 2.17. The molecule has 0 aromatic carbocycles. The third-order valence-corrected chi connectivity index (χ3v) is 2.25. The van der Waals surface area contributed by atoms with Crippen LogP contribution in [0, 0.1) is 5.92 Å². The molecule has 0 aliphatic heterocycles. The van der Waals surface area contributed by atoms with Crippen molar-refractivity contribution in [3.8, 4) is 0 Å². The summed E-state index contributed by atoms with van der Waals surface area (Å²) in [4.78, 5) is 10.7. The highest BCUT2D eigenvalue weighted by Gasteiger charge is 2.07. The average molecular weight is 179 g/mol. The van der Waals surface area contributed by atoms with Crippen LogP contribution in [0.15, 0.2) is 23.8 Å². The Labute approximate surface area is 79.7 Å². The molecule has 0 aromatic heterocycles. The van der Waals surface area contributed by atoms with E-state index in [0.717, 1.165) is 19.4 Å². The summed E-state index contributed by atoms with van der Waals surface area (Å²) >= 11 is 0. The summed E-state index contributed by atoms with van der Waals surface area (Å²) in [5.74, 6) is 0.479. The van der Waals surface area contributed by atoms with E-state index in [1.807, 2.05) is 0 Å². The number of allylic oxidation sites excluding steroid dienone is 3. The smallest absolute Gasteiger partial charge is 0.216 e. The summed E-state index contributed by atoms with van der Waals surface area (Å²) in [7, 11) is 0. The van der Waals surface area contributed by atoms with Crippen molar-refractivity contribution in [2.24, 2.45) is 5.92 Å². The molecule has 0 saturated carbocycles. The first-order valence-corrected chi connectivity index (χ1v) is 4.81. The maximum atomic E-state index is 10.7. The Balaban J connectivity index is 2.38. The molecule has 2 nitrogen and oxygen atoms in total. The van der Waals surface area contributed by atoms with Crippen molar-refractivity contribution < 1.29 is 4.79 Å². The SMILES string of the molecule is CC(=O)NCC(C)C1=CCCC=C1. The molecule has 13 heavy (non-hydrogen) atoms. The van der Waals surface area contributed by atoms with Crippen molar-refractivity contribution in [3.63, 3.8) is 0 Å². The summed E-state index contributed by atoms with van der Waals surface area (Å²) in [6, 6.07) is 0. The van der Waals surface area contributed by atoms with Crippen LogP contribution in [0.4, 0.5) is 0 Å². The van der Waals surface area contributed by atoms with Gasteiger partial charge in [0.2, 0.25) is 5.91 Å². The fourth-order valence-corrected chi connectivity index (χ4v) is 1.41. The standard InChI is InChI=1S/C11H17NO/c1-9(8-12-10(2)13)11-6-4-3-5-7-11/h4,6-7,9H,3,5,8H2,1-2H3,(H,12,13). The zero-order chi connectivity index (χ0) is 9.68. The summed E-state index contributed by atoms with van der Waals surface area (Å²) in [5.41, 5.74) is 1.35. The molecular formula is C11H17NO. The molecule has 0 radical (unpaired) electrons. The topological polar surface area (TPSA) is 29.1 Å². The van der Waals surface area contributed by atoms with Gasteiger partial charge in [0.15, 0.2) is 0 Å². The van der Waals surface area contributed by atoms with Crippen molar-refractivity contribution in [1.29, 1.82) is 0 Å². The lowest BCUT2D eigenvalue weighted by molar-refractivity contribution is -0.119. The zero-order valence-electron chi connectivity index (χ0n) is 8.34. The minimum Gasteiger partial charge on any atom is -0.356 e. The van der Waals surface area contributed by atoms with Gasteiger partial charge in [-0.3, -0.25) is 4.79 Å². The number of hydrogen-bond donors (Lipinski definition) is 1. The molecule has 1 atom stereocenters. The third-order valence-electron chi connectivity index (χ3n) is 2.25. The first kappa shape index (κ1) is 10.0. The van der Waals surface area contributed by atoms with E-state index in [2.05, 4.69) is 30.5 Å². The zero-order valence-corrected chi connectivity index (χ0v) is 8.34. The second kappa shape index (κ2) is 4.85. The second-order valence-corrected chi connectivity index (χ2v) is 3.52. The quantitative estimate of drug-likeness (QED) is 0.705. The van der Waals surface area contributed by atoms with E-state index in [0.29, 0.717) is 5.92 Å². The van der Waals surface area contributed by atoms with Crippen molar-refractivity contribution >= 4 is 5.91 Å². The number of hydrogen-bond acceptors (Lipinski definition) is 1. The number of carbonyl (C=O) groups is 1. The molecule has 0 saturated heterocycles. The Morgan fingerprint density at radius 3 is 2.92 bits per heavy atom. The van der Waals surface area contributed by atoms with E-state index in [9.17, 15) is 4.79 Å². The van der Waals surface area contributed by atoms with Crippen molar-refractivity contribution in [1.82, 2.24) is 5.32 Å². The molecule has 0 aromatic rings. The molecule has 72 valence electrons. The number of amides is 1. The minimum atomic E-state index is 0.0484. The molecule has 1 rings (SSSR count). The summed E-state index contributed by atoms with van der Waals surface area (Å²) < 4.78 is 0. The van der Waals surface area contributed by atoms with Gasteiger partial charge in [0.25, 0.3) is 0 Å². The molecule has 1 amide bonds. The van der Waals surface area contributed by atoms with Gasteiger partial charge in [-0.15, -0.1) is 0 Å². The number of rotatable bonds is 3. The van der Waals surface area contributed by atoms with E-state index < -0.39 is 0 Å². The largest absolute Gasteiger partial charge is 0.356 e. The van der Waals surface area contributed by atoms with Crippen LogP contribution in [-0.2, 0) is 4.79 Å². The van der Waals surface area contributed by atoms with Crippen LogP contribution in [-0.4, -0.2) is 12.5 Å². The lowest BCUT2D eigenvalue weighted by Gasteiger charge is -2.15. The van der Waals surface area contributed by atoms with Gasteiger partial charge >= 0.3 is 0 Å². The molecule has 1 aliphatic carbocycles. The Bertz CT molecular complexity index is 240. The normalized spacial score (nSPS) is 17.8. The van der Waals surface area contributed by atoms with Crippen LogP contribution < -0.4 is 5.32 Å². The van der Waals surface area contributed by atoms with Crippen LogP contribution in [0.1, 0.15) is 26.7 Å². The van der Waals surface area contributed by atoms with E-state index >= 15 is 0 Å². The van der Waals surface area contributed by atoms with Crippen LogP contribution >= 0.6 is 0 Å². The Kier molecular flexibility index (Phi) is 3.74. The van der Waals surface area contributed by atoms with Gasteiger partial charge in [-0.25, -0.2) is 0 Å². The van der Waals surface area contributed by atoms with E-state index in [4.69, 9.17) is 0 Å². The molecule has 0 spiro atoms. The molecule has 0 heterocycles. The molecular weight excluding hydrogens is 162 g/mol. The lowest BCUT2D eigenvalue weighted by Crippen LogP contribution is -2.26. The molecule has 0 fully saturated rings. The molecule has 1 N–H and O–H groups in total. The highest BCUT2D eigenvalue weighted by molar-refractivity contribution is 5.72. The maximum Gasteiger partial charge on any atom is 0.216 e. The Morgan fingerprint density at radius 2 is 2.38 bits per heavy atom. The predicted octanol–water partition coefficient (Wildman–Crippen LogP) is 2.04. The van der Waals surface area contributed by atoms with Crippen molar-refractivity contribution in [2.45, 2.75) is 26.7 Å². The monoisotopic (exact) mass is 179 g/mol. The van der Waals surface area contributed by atoms with Gasteiger partial charge < -0.3 is 5.32 Å². The van der Waals surface area contributed by atoms with Crippen molar-refractivity contribution in [3.05, 3.63) is 23.8 Å². The Hall–Kier alpha value is -1.05. The second-order valence-electron chi connectivity index (χ2n) is 3.52. The highest BCUT2D eigenvalue weighted by atomic mass is 16.1. The van der Waals surface area contributed by atoms with E-state index in [-0.39, 0.29) is 5.91 Å². The van der Waals surface area contributed by atoms with E-state index in [1.165, 1.54) is 5.57 Å². The summed E-state index contributed by atoms with van der Waals surface area (Å²) in [6.07, 6.45) is 8.90. The number of carbonyl (C=O) groups excluding carboxylic acids is 1. The summed E-state index contributed by atoms with van der Waals surface area (Å²) in [6.45, 7) is 4.43. The van der Waals surface area contributed by atoms with Crippen LogP contribution in [0.25, 0.3) is 0 Å². The first-order valence-electron chi connectivity index (χ1n) is 4.81. The van der Waals surface area contributed by atoms with Crippen LogP contribution in [0.3, 0.4) is 0 Å². The van der Waals surface area contributed by atoms with Crippen LogP contribution in [0.2, 0.25) is 0 Å². The van der Waals surface area contributed by atoms with Gasteiger partial charge in [-0.1, -0.05) is 25.2 Å². The first-order chi connectivity index (χ1) is 6.20. The van der Waals surface area contributed by atoms with E-state index in [1.54, 1.807) is 6.92 Å². The van der Waals surface area contributed by atoms with Gasteiger partial charge in [-0.05, 0) is 24.3 Å². The third kappa shape index (κ3) is 3.45. The van der Waals surface area contributed by atoms with Gasteiger partial charge in [-0.2, -0.15) is 0 Å². The molecule has 0 bridgehead atoms. The predicted molar refractivity (Wildman–Crippen MR) is 54.3 cm³/mol. The van der Waals surface area contributed by atoms with Crippen LogP contribution in [0.5, 0.6) is 0 Å². The fraction of sp³-hybridized carbons (Fsp3) is 0.545. The van der Waals surface area contributed by atoms with Gasteiger partial charge in [0.05, 0.1) is 0 Å². The molecule has 1 aliphatic rings. The molecule has 1 unspecified atom stereocenters. The van der Waals surface area contributed by atoms with Gasteiger partial charge in [0.1, 0.15) is 0 Å². The van der Waals surface area contributed by atoms with Gasteiger partial charge in [0, 0.05) is 13.5 Å². The van der Waals surface area contributed by atoms with Crippen molar-refractivity contribution in [2.75, 3.05) is 6.54 Å².